The summed E-state index contributed by atoms with van der Waals surface area (Å²) >= 11 is 0. The Bertz CT molecular complexity index is 1250. The fourth-order valence-corrected chi connectivity index (χ4v) is 3.36. The van der Waals surface area contributed by atoms with Gasteiger partial charge in [0, 0.05) is 24.5 Å². The number of ether oxygens (including phenoxy) is 2. The van der Waals surface area contributed by atoms with E-state index in [9.17, 15) is 0 Å². The van der Waals surface area contributed by atoms with Crippen LogP contribution >= 0.6 is 0 Å². The summed E-state index contributed by atoms with van der Waals surface area (Å²) in [6, 6.07) is 5.87. The minimum absolute atomic E-state index is 0.491. The number of hydrogen-bond donors (Lipinski definition) is 1. The minimum atomic E-state index is 0.491. The van der Waals surface area contributed by atoms with Gasteiger partial charge in [0.1, 0.15) is 11.4 Å². The van der Waals surface area contributed by atoms with Crippen LogP contribution in [0.1, 0.15) is 22.5 Å². The van der Waals surface area contributed by atoms with Crippen molar-refractivity contribution < 1.29 is 14.0 Å². The van der Waals surface area contributed by atoms with Crippen molar-refractivity contribution in [2.75, 3.05) is 26.1 Å². The first-order chi connectivity index (χ1) is 16.0. The molecule has 0 atom stereocenters. The largest absolute Gasteiger partial charge is 0.493 e. The average Bonchev–Trinajstić information content (AvgIpc) is 3.17. The number of nitrogens with one attached hydrogen (secondary N) is 1. The molecule has 0 amide bonds. The minimum Gasteiger partial charge on any atom is -0.493 e. The number of aromatic nitrogens is 5. The Kier molecular flexibility index (Phi) is 6.48. The lowest BCUT2D eigenvalue weighted by molar-refractivity contribution is 0.354. The normalized spacial score (nSPS) is 10.8. The molecule has 9 nitrogen and oxygen atoms in total. The summed E-state index contributed by atoms with van der Waals surface area (Å²) in [4.78, 5) is 18.1. The van der Waals surface area contributed by atoms with E-state index in [4.69, 9.17) is 19.0 Å². The second kappa shape index (κ2) is 9.64. The Morgan fingerprint density at radius 2 is 1.76 bits per heavy atom. The van der Waals surface area contributed by atoms with Crippen LogP contribution in [0.15, 0.2) is 41.3 Å². The molecule has 170 valence electrons. The van der Waals surface area contributed by atoms with Crippen LogP contribution in [-0.2, 0) is 6.42 Å². The molecule has 0 aliphatic carbocycles. The van der Waals surface area contributed by atoms with Crippen molar-refractivity contribution in [1.82, 2.24) is 25.1 Å². The van der Waals surface area contributed by atoms with E-state index in [1.807, 2.05) is 39.0 Å². The summed E-state index contributed by atoms with van der Waals surface area (Å²) in [5, 5.41) is 7.36. The van der Waals surface area contributed by atoms with E-state index in [2.05, 4.69) is 25.4 Å². The van der Waals surface area contributed by atoms with Crippen molar-refractivity contribution in [3.63, 3.8) is 0 Å². The van der Waals surface area contributed by atoms with Crippen LogP contribution in [0.2, 0.25) is 0 Å². The number of anilines is 1. The van der Waals surface area contributed by atoms with Gasteiger partial charge in [0.2, 0.25) is 5.95 Å². The molecule has 0 aliphatic heterocycles. The predicted octanol–water partition coefficient (Wildman–Crippen LogP) is 4.19. The molecule has 0 spiro atoms. The van der Waals surface area contributed by atoms with Gasteiger partial charge in [-0.25, -0.2) is 9.97 Å². The third-order valence-electron chi connectivity index (χ3n) is 5.36. The molecule has 0 bridgehead atoms. The Balaban J connectivity index is 1.59. The van der Waals surface area contributed by atoms with Crippen LogP contribution in [0.25, 0.3) is 22.7 Å². The summed E-state index contributed by atoms with van der Waals surface area (Å²) in [5.41, 5.74) is 5.68. The van der Waals surface area contributed by atoms with Crippen LogP contribution in [0.5, 0.6) is 11.5 Å². The molecule has 9 heteroatoms. The molecule has 0 saturated carbocycles. The van der Waals surface area contributed by atoms with Crippen molar-refractivity contribution in [1.29, 1.82) is 0 Å². The standard InChI is InChI=1S/C24H26N6O3/c1-14-11-27-19(13-26-14)22-18(23-15(2)16(3)30-33-23)12-28-24(29-22)25-9-8-17-6-7-20(31-4)21(10-17)32-5/h6-7,10-13H,8-9H2,1-5H3,(H,25,28,29). The Morgan fingerprint density at radius 3 is 2.42 bits per heavy atom. The van der Waals surface area contributed by atoms with Crippen molar-refractivity contribution in [2.24, 2.45) is 0 Å². The molecule has 3 aromatic heterocycles. The zero-order valence-electron chi connectivity index (χ0n) is 19.3. The smallest absolute Gasteiger partial charge is 0.223 e. The Labute approximate surface area is 192 Å². The number of aryl methyl sites for hydroxylation is 2. The zero-order valence-corrected chi connectivity index (χ0v) is 19.3. The zero-order chi connectivity index (χ0) is 23.4. The Morgan fingerprint density at radius 1 is 0.939 bits per heavy atom. The SMILES string of the molecule is COc1ccc(CCNc2ncc(-c3onc(C)c3C)c(-c3cnc(C)cn3)n2)cc1OC. The van der Waals surface area contributed by atoms with Gasteiger partial charge in [-0.2, -0.15) is 0 Å². The van der Waals surface area contributed by atoms with Gasteiger partial charge in [-0.1, -0.05) is 11.2 Å². The van der Waals surface area contributed by atoms with Crippen molar-refractivity contribution in [3.05, 3.63) is 59.3 Å². The molecule has 0 fully saturated rings. The van der Waals surface area contributed by atoms with E-state index in [-0.39, 0.29) is 0 Å². The molecule has 0 saturated heterocycles. The van der Waals surface area contributed by atoms with Crippen LogP contribution in [-0.4, -0.2) is 45.9 Å². The first kappa shape index (κ1) is 22.2. The molecule has 0 radical (unpaired) electrons. The third-order valence-corrected chi connectivity index (χ3v) is 5.36. The Hall–Kier alpha value is -4.01. The number of benzene rings is 1. The first-order valence-electron chi connectivity index (χ1n) is 10.5. The maximum Gasteiger partial charge on any atom is 0.223 e. The van der Waals surface area contributed by atoms with Crippen LogP contribution in [0.4, 0.5) is 5.95 Å². The van der Waals surface area contributed by atoms with E-state index < -0.39 is 0 Å². The fraction of sp³-hybridized carbons (Fsp3) is 0.292. The second-order valence-corrected chi connectivity index (χ2v) is 7.59. The lowest BCUT2D eigenvalue weighted by atomic mass is 10.1. The van der Waals surface area contributed by atoms with Gasteiger partial charge >= 0.3 is 0 Å². The molecule has 4 rings (SSSR count). The summed E-state index contributed by atoms with van der Waals surface area (Å²) < 4.78 is 16.3. The van der Waals surface area contributed by atoms with Gasteiger partial charge < -0.3 is 19.3 Å². The second-order valence-electron chi connectivity index (χ2n) is 7.59. The van der Waals surface area contributed by atoms with Gasteiger partial charge in [0.15, 0.2) is 17.3 Å². The molecule has 1 N–H and O–H groups in total. The predicted molar refractivity (Wildman–Crippen MR) is 125 cm³/mol. The lowest BCUT2D eigenvalue weighted by Gasteiger charge is -2.11. The van der Waals surface area contributed by atoms with E-state index in [1.165, 1.54) is 0 Å². The first-order valence-corrected chi connectivity index (χ1v) is 10.5. The van der Waals surface area contributed by atoms with Crippen molar-refractivity contribution in [3.8, 4) is 34.2 Å². The van der Waals surface area contributed by atoms with Crippen molar-refractivity contribution in [2.45, 2.75) is 27.2 Å². The topological polar surface area (TPSA) is 108 Å². The van der Waals surface area contributed by atoms with Crippen LogP contribution in [0, 0.1) is 20.8 Å². The van der Waals surface area contributed by atoms with Gasteiger partial charge in [-0.15, -0.1) is 0 Å². The van der Waals surface area contributed by atoms with Crippen LogP contribution in [0.3, 0.4) is 0 Å². The number of nitrogens with zero attached hydrogens (tertiary/aromatic N) is 5. The van der Waals surface area contributed by atoms with Gasteiger partial charge in [0.05, 0.1) is 37.4 Å². The molecule has 0 unspecified atom stereocenters. The van der Waals surface area contributed by atoms with Gasteiger partial charge in [0.25, 0.3) is 0 Å². The molecule has 1 aromatic carbocycles. The fourth-order valence-electron chi connectivity index (χ4n) is 3.36. The molecular weight excluding hydrogens is 420 g/mol. The average molecular weight is 447 g/mol. The summed E-state index contributed by atoms with van der Waals surface area (Å²) in [5.74, 6) is 2.52. The van der Waals surface area contributed by atoms with E-state index in [0.29, 0.717) is 41.1 Å². The molecular formula is C24H26N6O3. The van der Waals surface area contributed by atoms with E-state index in [1.54, 1.807) is 32.8 Å². The molecule has 4 aromatic rings. The number of rotatable bonds is 8. The molecule has 3 heterocycles. The highest BCUT2D eigenvalue weighted by molar-refractivity contribution is 5.77. The highest BCUT2D eigenvalue weighted by Gasteiger charge is 2.19. The summed E-state index contributed by atoms with van der Waals surface area (Å²) in [6.45, 7) is 6.39. The maximum absolute atomic E-state index is 5.57. The van der Waals surface area contributed by atoms with Crippen LogP contribution < -0.4 is 14.8 Å². The quantitative estimate of drug-likeness (QED) is 0.426. The monoisotopic (exact) mass is 446 g/mol. The summed E-state index contributed by atoms with van der Waals surface area (Å²) in [6.07, 6.45) is 5.90. The lowest BCUT2D eigenvalue weighted by Crippen LogP contribution is -2.09. The number of methoxy groups -OCH3 is 2. The van der Waals surface area contributed by atoms with Gasteiger partial charge in [-0.3, -0.25) is 9.97 Å². The molecule has 33 heavy (non-hydrogen) atoms. The summed E-state index contributed by atoms with van der Waals surface area (Å²) in [7, 11) is 3.25. The van der Waals surface area contributed by atoms with E-state index >= 15 is 0 Å². The van der Waals surface area contributed by atoms with E-state index in [0.717, 1.165) is 34.5 Å². The highest BCUT2D eigenvalue weighted by atomic mass is 16.5. The number of hydrogen-bond acceptors (Lipinski definition) is 9. The maximum atomic E-state index is 5.57. The third kappa shape index (κ3) is 4.77. The van der Waals surface area contributed by atoms with Gasteiger partial charge in [-0.05, 0) is 44.9 Å². The molecule has 0 aliphatic rings. The highest BCUT2D eigenvalue weighted by Crippen LogP contribution is 2.33. The van der Waals surface area contributed by atoms with Crippen molar-refractivity contribution >= 4 is 5.95 Å².